The molecule has 2 aromatic carbocycles. The molecule has 1 aliphatic rings. The van der Waals surface area contributed by atoms with Crippen molar-refractivity contribution >= 4 is 28.7 Å². The smallest absolute Gasteiger partial charge is 0.353 e. The van der Waals surface area contributed by atoms with Crippen molar-refractivity contribution in [1.82, 2.24) is 9.97 Å². The summed E-state index contributed by atoms with van der Waals surface area (Å²) in [6, 6.07) is 15.0. The minimum atomic E-state index is -0.433. The summed E-state index contributed by atoms with van der Waals surface area (Å²) in [6.45, 7) is 2.64. The van der Waals surface area contributed by atoms with Crippen LogP contribution in [-0.4, -0.2) is 55.3 Å². The van der Waals surface area contributed by atoms with E-state index in [2.05, 4.69) is 20.2 Å². The number of benzene rings is 2. The van der Waals surface area contributed by atoms with E-state index in [0.717, 1.165) is 11.4 Å². The average molecular weight is 436 g/mol. The highest BCUT2D eigenvalue weighted by Gasteiger charge is 2.29. The lowest BCUT2D eigenvalue weighted by Gasteiger charge is -2.36. The van der Waals surface area contributed by atoms with E-state index in [1.807, 2.05) is 29.2 Å². The highest BCUT2D eigenvalue weighted by molar-refractivity contribution is 5.74. The lowest BCUT2D eigenvalue weighted by molar-refractivity contribution is -0.383. The Balaban J connectivity index is 1.52. The van der Waals surface area contributed by atoms with Crippen LogP contribution in [-0.2, 0) is 0 Å². The molecule has 2 heterocycles. The molecule has 0 spiro atoms. The van der Waals surface area contributed by atoms with Crippen LogP contribution in [0.1, 0.15) is 0 Å². The average Bonchev–Trinajstić information content (AvgIpc) is 2.84. The Kier molecular flexibility index (Phi) is 6.20. The van der Waals surface area contributed by atoms with E-state index in [0.29, 0.717) is 43.4 Å². The second-order valence-corrected chi connectivity index (χ2v) is 7.18. The molecule has 32 heavy (non-hydrogen) atoms. The maximum absolute atomic E-state index is 11.9. The molecule has 4 rings (SSSR count). The van der Waals surface area contributed by atoms with Crippen LogP contribution in [0.2, 0.25) is 0 Å². The lowest BCUT2D eigenvalue weighted by Crippen LogP contribution is -2.47. The molecule has 10 heteroatoms. The van der Waals surface area contributed by atoms with Gasteiger partial charge in [-0.25, -0.2) is 9.97 Å². The minimum absolute atomic E-state index is 0.138. The summed E-state index contributed by atoms with van der Waals surface area (Å²) in [6.07, 6.45) is 1.35. The maximum Gasteiger partial charge on any atom is 0.353 e. The van der Waals surface area contributed by atoms with E-state index in [1.54, 1.807) is 38.5 Å². The summed E-state index contributed by atoms with van der Waals surface area (Å²) < 4.78 is 10.4. The predicted octanol–water partition coefficient (Wildman–Crippen LogP) is 3.47. The van der Waals surface area contributed by atoms with Gasteiger partial charge < -0.3 is 24.6 Å². The second-order valence-electron chi connectivity index (χ2n) is 7.18. The molecule has 0 amide bonds. The van der Waals surface area contributed by atoms with Gasteiger partial charge in [-0.15, -0.1) is 0 Å². The van der Waals surface area contributed by atoms with E-state index in [-0.39, 0.29) is 11.5 Å². The number of piperazine rings is 1. The molecule has 0 unspecified atom stereocenters. The van der Waals surface area contributed by atoms with Crippen molar-refractivity contribution in [2.75, 3.05) is 55.5 Å². The Labute approximate surface area is 185 Å². The molecular formula is C22H24N6O4. The fourth-order valence-electron chi connectivity index (χ4n) is 3.64. The van der Waals surface area contributed by atoms with E-state index in [4.69, 9.17) is 9.47 Å². The molecule has 1 aromatic heterocycles. The monoisotopic (exact) mass is 436 g/mol. The first-order valence-corrected chi connectivity index (χ1v) is 10.1. The SMILES string of the molecule is COc1ccc(Nc2ncnc(N3CCN(c4ccc(OC)cc4)CC3)c2[N+](=O)[O-])cc1. The van der Waals surface area contributed by atoms with Gasteiger partial charge in [0.15, 0.2) is 0 Å². The van der Waals surface area contributed by atoms with Crippen molar-refractivity contribution in [3.63, 3.8) is 0 Å². The van der Waals surface area contributed by atoms with Gasteiger partial charge in [0.05, 0.1) is 19.1 Å². The van der Waals surface area contributed by atoms with Crippen LogP contribution in [0, 0.1) is 10.1 Å². The zero-order chi connectivity index (χ0) is 22.5. The van der Waals surface area contributed by atoms with Gasteiger partial charge in [0.1, 0.15) is 17.8 Å². The summed E-state index contributed by atoms with van der Waals surface area (Å²) >= 11 is 0. The highest BCUT2D eigenvalue weighted by atomic mass is 16.6. The third kappa shape index (κ3) is 4.48. The van der Waals surface area contributed by atoms with Gasteiger partial charge in [0.25, 0.3) is 0 Å². The van der Waals surface area contributed by atoms with Crippen molar-refractivity contribution in [1.29, 1.82) is 0 Å². The Morgan fingerprint density at radius 3 is 2.00 bits per heavy atom. The van der Waals surface area contributed by atoms with Gasteiger partial charge in [-0.1, -0.05) is 0 Å². The maximum atomic E-state index is 11.9. The number of rotatable bonds is 7. The third-order valence-corrected chi connectivity index (χ3v) is 5.36. The molecule has 10 nitrogen and oxygen atoms in total. The fraction of sp³-hybridized carbons (Fsp3) is 0.273. The van der Waals surface area contributed by atoms with Gasteiger partial charge in [0, 0.05) is 37.6 Å². The van der Waals surface area contributed by atoms with Crippen LogP contribution >= 0.6 is 0 Å². The van der Waals surface area contributed by atoms with Crippen LogP contribution in [0.15, 0.2) is 54.9 Å². The van der Waals surface area contributed by atoms with Gasteiger partial charge in [0.2, 0.25) is 11.6 Å². The Hall–Kier alpha value is -4.08. The lowest BCUT2D eigenvalue weighted by atomic mass is 10.2. The number of ether oxygens (including phenoxy) is 2. The van der Waals surface area contributed by atoms with Gasteiger partial charge in [-0.05, 0) is 48.5 Å². The van der Waals surface area contributed by atoms with E-state index in [9.17, 15) is 10.1 Å². The number of anilines is 4. The highest BCUT2D eigenvalue weighted by Crippen LogP contribution is 2.34. The van der Waals surface area contributed by atoms with Crippen LogP contribution in [0.3, 0.4) is 0 Å². The van der Waals surface area contributed by atoms with Crippen LogP contribution < -0.4 is 24.6 Å². The predicted molar refractivity (Wildman–Crippen MR) is 122 cm³/mol. The number of nitrogens with zero attached hydrogens (tertiary/aromatic N) is 5. The van der Waals surface area contributed by atoms with Gasteiger partial charge in [-0.3, -0.25) is 10.1 Å². The molecule has 0 saturated carbocycles. The number of hydrogen-bond donors (Lipinski definition) is 1. The third-order valence-electron chi connectivity index (χ3n) is 5.36. The molecule has 1 N–H and O–H groups in total. The quantitative estimate of drug-likeness (QED) is 0.440. The van der Waals surface area contributed by atoms with Crippen LogP contribution in [0.5, 0.6) is 11.5 Å². The number of aromatic nitrogens is 2. The normalized spacial score (nSPS) is 13.6. The summed E-state index contributed by atoms with van der Waals surface area (Å²) in [7, 11) is 3.22. The second kappa shape index (κ2) is 9.38. The molecule has 1 fully saturated rings. The molecule has 0 bridgehead atoms. The molecule has 3 aromatic rings. The molecule has 166 valence electrons. The number of nitro groups is 1. The van der Waals surface area contributed by atoms with E-state index in [1.165, 1.54) is 6.33 Å². The molecule has 0 aliphatic carbocycles. The molecule has 1 aliphatic heterocycles. The van der Waals surface area contributed by atoms with Crippen molar-refractivity contribution in [3.8, 4) is 11.5 Å². The summed E-state index contributed by atoms with van der Waals surface area (Å²) in [5.74, 6) is 1.97. The fourth-order valence-corrected chi connectivity index (χ4v) is 3.64. The molecule has 1 saturated heterocycles. The van der Waals surface area contributed by atoms with Gasteiger partial charge in [-0.2, -0.15) is 0 Å². The number of methoxy groups -OCH3 is 2. The topological polar surface area (TPSA) is 106 Å². The zero-order valence-corrected chi connectivity index (χ0v) is 17.9. The largest absolute Gasteiger partial charge is 0.497 e. The first kappa shape index (κ1) is 21.2. The zero-order valence-electron chi connectivity index (χ0n) is 17.9. The van der Waals surface area contributed by atoms with E-state index >= 15 is 0 Å². The van der Waals surface area contributed by atoms with Crippen LogP contribution in [0.25, 0.3) is 0 Å². The number of nitrogens with one attached hydrogen (secondary N) is 1. The molecule has 0 radical (unpaired) electrons. The Morgan fingerprint density at radius 2 is 1.44 bits per heavy atom. The molecular weight excluding hydrogens is 412 g/mol. The summed E-state index contributed by atoms with van der Waals surface area (Å²) in [5, 5.41) is 15.0. The summed E-state index contributed by atoms with van der Waals surface area (Å²) in [4.78, 5) is 24.1. The van der Waals surface area contributed by atoms with Crippen molar-refractivity contribution in [3.05, 3.63) is 65.0 Å². The Morgan fingerprint density at radius 1 is 0.875 bits per heavy atom. The minimum Gasteiger partial charge on any atom is -0.497 e. The Bertz CT molecular complexity index is 1070. The van der Waals surface area contributed by atoms with Crippen LogP contribution in [0.4, 0.5) is 28.7 Å². The standard InChI is InChI=1S/C22H24N6O4/c1-31-18-7-3-16(4-8-18)25-21-20(28(29)30)22(24-15-23-21)27-13-11-26(12-14-27)17-5-9-19(32-2)10-6-17/h3-10,15H,11-14H2,1-2H3,(H,23,24,25). The summed E-state index contributed by atoms with van der Waals surface area (Å²) in [5.41, 5.74) is 1.62. The van der Waals surface area contributed by atoms with Crippen molar-refractivity contribution < 1.29 is 14.4 Å². The molecule has 0 atom stereocenters. The first-order valence-electron chi connectivity index (χ1n) is 10.1. The van der Waals surface area contributed by atoms with Crippen molar-refractivity contribution in [2.24, 2.45) is 0 Å². The van der Waals surface area contributed by atoms with E-state index < -0.39 is 4.92 Å². The van der Waals surface area contributed by atoms with Crippen molar-refractivity contribution in [2.45, 2.75) is 0 Å². The van der Waals surface area contributed by atoms with Gasteiger partial charge >= 0.3 is 5.69 Å². The number of hydrogen-bond acceptors (Lipinski definition) is 9. The first-order chi connectivity index (χ1) is 15.6.